The molecule has 2 rings (SSSR count). The quantitative estimate of drug-likeness (QED) is 0.616. The molecule has 21 heavy (non-hydrogen) atoms. The summed E-state index contributed by atoms with van der Waals surface area (Å²) in [4.78, 5) is 14.7. The van der Waals surface area contributed by atoms with Gasteiger partial charge in [-0.2, -0.15) is 5.10 Å². The summed E-state index contributed by atoms with van der Waals surface area (Å²) in [6.07, 6.45) is 1.95. The summed E-state index contributed by atoms with van der Waals surface area (Å²) in [5.41, 5.74) is -0.0520. The Balaban J connectivity index is 1.88. The summed E-state index contributed by atoms with van der Waals surface area (Å²) < 4.78 is 1.42. The molecule has 1 aromatic heterocycles. The summed E-state index contributed by atoms with van der Waals surface area (Å²) >= 11 is 0. The molecule has 0 unspecified atom stereocenters. The molecule has 1 aromatic rings. The first-order valence-corrected chi connectivity index (χ1v) is 7.16. The van der Waals surface area contributed by atoms with Gasteiger partial charge in [-0.1, -0.05) is 0 Å². The van der Waals surface area contributed by atoms with Gasteiger partial charge in [-0.15, -0.1) is 0 Å². The third-order valence-corrected chi connectivity index (χ3v) is 4.10. The Morgan fingerprint density at radius 2 is 2.14 bits per heavy atom. The summed E-state index contributed by atoms with van der Waals surface area (Å²) in [6, 6.07) is 0.840. The van der Waals surface area contributed by atoms with Crippen molar-refractivity contribution in [2.75, 3.05) is 26.7 Å². The largest absolute Gasteiger partial charge is 0.390 e. The van der Waals surface area contributed by atoms with Crippen molar-refractivity contribution in [3.63, 3.8) is 0 Å². The molecule has 3 atom stereocenters. The zero-order valence-corrected chi connectivity index (χ0v) is 12.7. The minimum Gasteiger partial charge on any atom is -0.390 e. The maximum absolute atomic E-state index is 10.6. The average Bonchev–Trinajstić information content (AvgIpc) is 2.84. The predicted molar refractivity (Wildman–Crippen MR) is 78.0 cm³/mol. The minimum atomic E-state index is -0.595. The van der Waals surface area contributed by atoms with Crippen LogP contribution in [0.3, 0.4) is 0 Å². The fourth-order valence-corrected chi connectivity index (χ4v) is 2.72. The summed E-state index contributed by atoms with van der Waals surface area (Å²) in [7, 11) is 2.11. The molecular formula is C13H23N5O3. The Morgan fingerprint density at radius 1 is 1.43 bits per heavy atom. The molecule has 0 aliphatic carbocycles. The zero-order valence-electron chi connectivity index (χ0n) is 12.7. The van der Waals surface area contributed by atoms with E-state index in [9.17, 15) is 15.2 Å². The van der Waals surface area contributed by atoms with Crippen LogP contribution in [0.1, 0.15) is 13.8 Å². The van der Waals surface area contributed by atoms with Gasteiger partial charge in [-0.3, -0.25) is 19.7 Å². The third kappa shape index (κ3) is 3.99. The molecule has 0 aromatic carbocycles. The second-order valence-electron chi connectivity index (χ2n) is 5.92. The van der Waals surface area contributed by atoms with Crippen LogP contribution in [0, 0.1) is 10.1 Å². The smallest absolute Gasteiger partial charge is 0.306 e. The molecule has 0 saturated carbocycles. The van der Waals surface area contributed by atoms with Crippen molar-refractivity contribution in [3.05, 3.63) is 22.5 Å². The van der Waals surface area contributed by atoms with E-state index in [0.717, 1.165) is 13.1 Å². The van der Waals surface area contributed by atoms with Crippen molar-refractivity contribution in [2.24, 2.45) is 0 Å². The number of nitrogens with zero attached hydrogens (tertiary/aromatic N) is 5. The molecule has 8 heteroatoms. The maximum Gasteiger partial charge on any atom is 0.306 e. The molecular weight excluding hydrogens is 274 g/mol. The van der Waals surface area contributed by atoms with Crippen LogP contribution in [0.15, 0.2) is 12.4 Å². The molecule has 0 spiro atoms. The summed E-state index contributed by atoms with van der Waals surface area (Å²) in [5, 5.41) is 24.7. The highest BCUT2D eigenvalue weighted by molar-refractivity contribution is 5.20. The molecule has 1 N–H and O–H groups in total. The lowest BCUT2D eigenvalue weighted by atomic mass is 10.1. The molecule has 1 fully saturated rings. The Hall–Kier alpha value is -1.51. The van der Waals surface area contributed by atoms with Crippen molar-refractivity contribution in [2.45, 2.75) is 38.6 Å². The van der Waals surface area contributed by atoms with E-state index in [4.69, 9.17) is 0 Å². The first kappa shape index (κ1) is 15.9. The number of aliphatic hydroxyl groups excluding tert-OH is 1. The van der Waals surface area contributed by atoms with Crippen LogP contribution in [0.5, 0.6) is 0 Å². The fourth-order valence-electron chi connectivity index (χ4n) is 2.72. The summed E-state index contributed by atoms with van der Waals surface area (Å²) in [6.45, 7) is 7.01. The second kappa shape index (κ2) is 6.50. The number of aromatic nitrogens is 2. The Kier molecular flexibility index (Phi) is 4.92. The predicted octanol–water partition coefficient (Wildman–Crippen LogP) is 0.177. The number of piperazine rings is 1. The first-order chi connectivity index (χ1) is 9.86. The topological polar surface area (TPSA) is 87.7 Å². The van der Waals surface area contributed by atoms with Crippen LogP contribution >= 0.6 is 0 Å². The monoisotopic (exact) mass is 297 g/mol. The Bertz CT molecular complexity index is 492. The second-order valence-corrected chi connectivity index (χ2v) is 5.92. The van der Waals surface area contributed by atoms with Crippen molar-refractivity contribution in [1.82, 2.24) is 19.6 Å². The number of aliphatic hydroxyl groups is 1. The van der Waals surface area contributed by atoms with Gasteiger partial charge < -0.3 is 10.0 Å². The molecule has 1 aliphatic heterocycles. The third-order valence-electron chi connectivity index (χ3n) is 4.10. The van der Waals surface area contributed by atoms with Gasteiger partial charge in [0.15, 0.2) is 0 Å². The average molecular weight is 297 g/mol. The highest BCUT2D eigenvalue weighted by atomic mass is 16.6. The minimum absolute atomic E-state index is 0.0520. The van der Waals surface area contributed by atoms with Crippen molar-refractivity contribution in [3.8, 4) is 0 Å². The van der Waals surface area contributed by atoms with Gasteiger partial charge in [0.1, 0.15) is 12.4 Å². The van der Waals surface area contributed by atoms with Crippen molar-refractivity contribution >= 4 is 5.69 Å². The van der Waals surface area contributed by atoms with E-state index in [-0.39, 0.29) is 12.2 Å². The van der Waals surface area contributed by atoms with Crippen LogP contribution in [-0.4, -0.2) is 74.5 Å². The molecule has 118 valence electrons. The number of β-amino-alcohol motifs (C(OH)–C–C–N with tert-alkyl or cyclic N) is 1. The molecule has 1 aliphatic rings. The summed E-state index contributed by atoms with van der Waals surface area (Å²) in [5.74, 6) is 0. The van der Waals surface area contributed by atoms with Gasteiger partial charge in [0.2, 0.25) is 0 Å². The lowest BCUT2D eigenvalue weighted by molar-refractivity contribution is -0.385. The van der Waals surface area contributed by atoms with E-state index in [0.29, 0.717) is 18.6 Å². The van der Waals surface area contributed by atoms with E-state index < -0.39 is 11.0 Å². The van der Waals surface area contributed by atoms with Crippen molar-refractivity contribution < 1.29 is 10.0 Å². The number of hydrogen-bond acceptors (Lipinski definition) is 6. The van der Waals surface area contributed by atoms with E-state index in [1.807, 2.05) is 0 Å². The standard InChI is InChI=1S/C13H23N5O3/c1-10-6-16(11(2)5-15(10)3)8-13(19)9-17-7-12(4-14-17)18(20)21/h4,7,10-11,13,19H,5-6,8-9H2,1-3H3/t10-,11+,13+/m1/s1. The molecule has 1 saturated heterocycles. The molecule has 2 heterocycles. The van der Waals surface area contributed by atoms with Crippen LogP contribution in [0.4, 0.5) is 5.69 Å². The van der Waals surface area contributed by atoms with Gasteiger partial charge in [-0.25, -0.2) is 0 Å². The van der Waals surface area contributed by atoms with Crippen LogP contribution < -0.4 is 0 Å². The fraction of sp³-hybridized carbons (Fsp3) is 0.769. The molecule has 0 amide bonds. The maximum atomic E-state index is 10.6. The molecule has 0 radical (unpaired) electrons. The Labute approximate surface area is 124 Å². The van der Waals surface area contributed by atoms with Crippen LogP contribution in [0.2, 0.25) is 0 Å². The van der Waals surface area contributed by atoms with Crippen LogP contribution in [0.25, 0.3) is 0 Å². The zero-order chi connectivity index (χ0) is 15.6. The lowest BCUT2D eigenvalue weighted by Gasteiger charge is -2.43. The number of nitro groups is 1. The van der Waals surface area contributed by atoms with Gasteiger partial charge >= 0.3 is 5.69 Å². The van der Waals surface area contributed by atoms with Crippen molar-refractivity contribution in [1.29, 1.82) is 0 Å². The van der Waals surface area contributed by atoms with Gasteiger partial charge in [-0.05, 0) is 20.9 Å². The molecule has 0 bridgehead atoms. The highest BCUT2D eigenvalue weighted by Gasteiger charge is 2.28. The van der Waals surface area contributed by atoms with Gasteiger partial charge in [0.05, 0.1) is 17.6 Å². The van der Waals surface area contributed by atoms with E-state index in [1.165, 1.54) is 17.1 Å². The van der Waals surface area contributed by atoms with Gasteiger partial charge in [0, 0.05) is 31.7 Å². The molecule has 8 nitrogen and oxygen atoms in total. The van der Waals surface area contributed by atoms with Crippen LogP contribution in [-0.2, 0) is 6.54 Å². The van der Waals surface area contributed by atoms with Gasteiger partial charge in [0.25, 0.3) is 0 Å². The van der Waals surface area contributed by atoms with E-state index in [2.05, 4.69) is 35.8 Å². The van der Waals surface area contributed by atoms with E-state index >= 15 is 0 Å². The number of hydrogen-bond donors (Lipinski definition) is 1. The highest BCUT2D eigenvalue weighted by Crippen LogP contribution is 2.14. The van der Waals surface area contributed by atoms with E-state index in [1.54, 1.807) is 0 Å². The number of rotatable bonds is 5. The Morgan fingerprint density at radius 3 is 2.76 bits per heavy atom. The SMILES string of the molecule is C[C@@H]1CN(C[C@H](O)Cn2cc([N+](=O)[O-])cn2)[C@@H](C)CN1C. The lowest BCUT2D eigenvalue weighted by Crippen LogP contribution is -2.56. The first-order valence-electron chi connectivity index (χ1n) is 7.16. The normalized spacial score (nSPS) is 25.9. The number of likely N-dealkylation sites (N-methyl/N-ethyl adjacent to an activating group) is 1.